The predicted octanol–water partition coefficient (Wildman–Crippen LogP) is 2.07. The Balaban J connectivity index is 4.37. The standard InChI is InChI=1S/C11H22N2O3/c1-6-7-8-13(12-9(2)14)10(15)16-11(3,4)5/h6-8H2,1-5H3,(H,12,14). The highest BCUT2D eigenvalue weighted by molar-refractivity contribution is 5.77. The Kier molecular flexibility index (Phi) is 5.85. The largest absolute Gasteiger partial charge is 0.442 e. The van der Waals surface area contributed by atoms with Crippen LogP contribution in [0.4, 0.5) is 4.79 Å². The summed E-state index contributed by atoms with van der Waals surface area (Å²) in [7, 11) is 0. The van der Waals surface area contributed by atoms with Gasteiger partial charge in [0.15, 0.2) is 0 Å². The van der Waals surface area contributed by atoms with Crippen molar-refractivity contribution in [2.24, 2.45) is 0 Å². The molecule has 0 bridgehead atoms. The number of hydrazine groups is 1. The SMILES string of the molecule is CCCCN(NC(C)=O)C(=O)OC(C)(C)C. The minimum atomic E-state index is -0.556. The Hall–Kier alpha value is -1.26. The monoisotopic (exact) mass is 230 g/mol. The van der Waals surface area contributed by atoms with Gasteiger partial charge in [0, 0.05) is 13.5 Å². The van der Waals surface area contributed by atoms with E-state index in [2.05, 4.69) is 5.43 Å². The molecule has 0 rings (SSSR count). The third kappa shape index (κ3) is 7.09. The highest BCUT2D eigenvalue weighted by Gasteiger charge is 2.22. The van der Waals surface area contributed by atoms with Crippen LogP contribution in [-0.2, 0) is 9.53 Å². The molecule has 2 amide bonds. The summed E-state index contributed by atoms with van der Waals surface area (Å²) < 4.78 is 5.17. The van der Waals surface area contributed by atoms with Gasteiger partial charge in [-0.3, -0.25) is 10.2 Å². The number of hydrogen-bond donors (Lipinski definition) is 1. The first-order valence-corrected chi connectivity index (χ1v) is 5.54. The fourth-order valence-corrected chi connectivity index (χ4v) is 1.02. The van der Waals surface area contributed by atoms with Crippen molar-refractivity contribution in [1.82, 2.24) is 10.4 Å². The van der Waals surface area contributed by atoms with Crippen molar-refractivity contribution in [1.29, 1.82) is 0 Å². The number of nitrogens with one attached hydrogen (secondary N) is 1. The third-order valence-electron chi connectivity index (χ3n) is 1.64. The fraction of sp³-hybridized carbons (Fsp3) is 0.818. The molecule has 0 aromatic rings. The van der Waals surface area contributed by atoms with E-state index >= 15 is 0 Å². The first kappa shape index (κ1) is 14.7. The average Bonchev–Trinajstić information content (AvgIpc) is 2.08. The first-order valence-electron chi connectivity index (χ1n) is 5.54. The normalized spacial score (nSPS) is 10.8. The van der Waals surface area contributed by atoms with E-state index in [0.717, 1.165) is 12.8 Å². The van der Waals surface area contributed by atoms with Crippen molar-refractivity contribution >= 4 is 12.0 Å². The number of hydrogen-bond acceptors (Lipinski definition) is 3. The topological polar surface area (TPSA) is 58.6 Å². The third-order valence-corrected chi connectivity index (χ3v) is 1.64. The maximum Gasteiger partial charge on any atom is 0.429 e. The molecule has 0 spiro atoms. The van der Waals surface area contributed by atoms with Crippen LogP contribution in [0.3, 0.4) is 0 Å². The molecule has 0 heterocycles. The van der Waals surface area contributed by atoms with Gasteiger partial charge in [0.05, 0.1) is 0 Å². The van der Waals surface area contributed by atoms with E-state index in [1.54, 1.807) is 20.8 Å². The van der Waals surface area contributed by atoms with E-state index in [9.17, 15) is 9.59 Å². The summed E-state index contributed by atoms with van der Waals surface area (Å²) in [6.45, 7) is 9.21. The van der Waals surface area contributed by atoms with Crippen LogP contribution in [0.25, 0.3) is 0 Å². The minimum Gasteiger partial charge on any atom is -0.442 e. The van der Waals surface area contributed by atoms with Crippen LogP contribution in [-0.4, -0.2) is 29.2 Å². The zero-order valence-corrected chi connectivity index (χ0v) is 10.8. The number of unbranched alkanes of at least 4 members (excludes halogenated alkanes) is 1. The molecular weight excluding hydrogens is 208 g/mol. The van der Waals surface area contributed by atoms with Gasteiger partial charge in [-0.2, -0.15) is 0 Å². The van der Waals surface area contributed by atoms with E-state index in [4.69, 9.17) is 4.74 Å². The molecule has 0 unspecified atom stereocenters. The molecule has 0 atom stereocenters. The van der Waals surface area contributed by atoms with E-state index in [1.807, 2.05) is 6.92 Å². The van der Waals surface area contributed by atoms with Crippen molar-refractivity contribution in [2.45, 2.75) is 53.1 Å². The zero-order valence-electron chi connectivity index (χ0n) is 10.8. The van der Waals surface area contributed by atoms with Crippen molar-refractivity contribution in [3.8, 4) is 0 Å². The highest BCUT2D eigenvalue weighted by Crippen LogP contribution is 2.09. The summed E-state index contributed by atoms with van der Waals surface area (Å²) in [5, 5.41) is 1.22. The lowest BCUT2D eigenvalue weighted by Gasteiger charge is -2.27. The maximum atomic E-state index is 11.7. The Morgan fingerprint density at radius 1 is 1.31 bits per heavy atom. The second kappa shape index (κ2) is 6.35. The van der Waals surface area contributed by atoms with E-state index in [0.29, 0.717) is 6.54 Å². The molecule has 0 aliphatic heterocycles. The lowest BCUT2D eigenvalue weighted by Crippen LogP contribution is -2.47. The van der Waals surface area contributed by atoms with Gasteiger partial charge in [-0.05, 0) is 27.2 Å². The van der Waals surface area contributed by atoms with Crippen molar-refractivity contribution < 1.29 is 14.3 Å². The number of rotatable bonds is 3. The van der Waals surface area contributed by atoms with E-state index < -0.39 is 11.7 Å². The quantitative estimate of drug-likeness (QED) is 0.755. The number of amides is 2. The summed E-state index contributed by atoms with van der Waals surface area (Å²) in [6.07, 6.45) is 1.24. The lowest BCUT2D eigenvalue weighted by molar-refractivity contribution is -0.123. The Morgan fingerprint density at radius 3 is 2.25 bits per heavy atom. The van der Waals surface area contributed by atoms with Gasteiger partial charge < -0.3 is 4.74 Å². The number of carbonyl (C=O) groups is 2. The van der Waals surface area contributed by atoms with Crippen LogP contribution in [0, 0.1) is 0 Å². The van der Waals surface area contributed by atoms with Gasteiger partial charge >= 0.3 is 6.09 Å². The molecule has 0 aromatic carbocycles. The molecule has 0 aliphatic carbocycles. The van der Waals surface area contributed by atoms with Crippen LogP contribution in [0.2, 0.25) is 0 Å². The van der Waals surface area contributed by atoms with Crippen molar-refractivity contribution in [2.75, 3.05) is 6.54 Å². The molecule has 1 N–H and O–H groups in total. The second-order valence-electron chi connectivity index (χ2n) is 4.65. The molecule has 16 heavy (non-hydrogen) atoms. The number of ether oxygens (including phenoxy) is 1. The van der Waals surface area contributed by atoms with Crippen LogP contribution < -0.4 is 5.43 Å². The van der Waals surface area contributed by atoms with Gasteiger partial charge in [-0.15, -0.1) is 0 Å². The molecule has 0 radical (unpaired) electrons. The minimum absolute atomic E-state index is 0.276. The molecule has 5 heteroatoms. The summed E-state index contributed by atoms with van der Waals surface area (Å²) in [5.41, 5.74) is 1.90. The zero-order chi connectivity index (χ0) is 12.8. The molecule has 94 valence electrons. The van der Waals surface area contributed by atoms with Crippen LogP contribution in [0.1, 0.15) is 47.5 Å². The maximum absolute atomic E-state index is 11.7. The smallest absolute Gasteiger partial charge is 0.429 e. The lowest BCUT2D eigenvalue weighted by atomic mass is 10.2. The van der Waals surface area contributed by atoms with Crippen LogP contribution >= 0.6 is 0 Å². The van der Waals surface area contributed by atoms with Crippen LogP contribution in [0.5, 0.6) is 0 Å². The average molecular weight is 230 g/mol. The van der Waals surface area contributed by atoms with Gasteiger partial charge in [-0.25, -0.2) is 9.80 Å². The van der Waals surface area contributed by atoms with Gasteiger partial charge in [0.2, 0.25) is 5.91 Å². The van der Waals surface area contributed by atoms with Gasteiger partial charge in [0.25, 0.3) is 0 Å². The first-order chi connectivity index (χ1) is 7.26. The summed E-state index contributed by atoms with van der Waals surface area (Å²) >= 11 is 0. The summed E-state index contributed by atoms with van der Waals surface area (Å²) in [4.78, 5) is 22.6. The molecule has 0 saturated heterocycles. The summed E-state index contributed by atoms with van der Waals surface area (Å²) in [6, 6.07) is 0. The Bertz CT molecular complexity index is 246. The Morgan fingerprint density at radius 2 is 1.88 bits per heavy atom. The van der Waals surface area contributed by atoms with Crippen LogP contribution in [0.15, 0.2) is 0 Å². The Labute approximate surface area is 97.1 Å². The van der Waals surface area contributed by atoms with Crippen molar-refractivity contribution in [3.05, 3.63) is 0 Å². The van der Waals surface area contributed by atoms with E-state index in [1.165, 1.54) is 11.9 Å². The van der Waals surface area contributed by atoms with Crippen molar-refractivity contribution in [3.63, 3.8) is 0 Å². The number of carbonyl (C=O) groups excluding carboxylic acids is 2. The molecule has 5 nitrogen and oxygen atoms in total. The fourth-order valence-electron chi connectivity index (χ4n) is 1.02. The molecule has 0 aliphatic rings. The molecule has 0 saturated carbocycles. The molecule has 0 aromatic heterocycles. The molecule has 0 fully saturated rings. The summed E-state index contributed by atoms with van der Waals surface area (Å²) in [5.74, 6) is -0.276. The number of nitrogens with zero attached hydrogens (tertiary/aromatic N) is 1. The van der Waals surface area contributed by atoms with Gasteiger partial charge in [0.1, 0.15) is 5.60 Å². The van der Waals surface area contributed by atoms with Gasteiger partial charge in [-0.1, -0.05) is 13.3 Å². The van der Waals surface area contributed by atoms with E-state index in [-0.39, 0.29) is 5.91 Å². The molecular formula is C11H22N2O3. The highest BCUT2D eigenvalue weighted by atomic mass is 16.6. The predicted molar refractivity (Wildman–Crippen MR) is 61.7 cm³/mol. The second-order valence-corrected chi connectivity index (χ2v) is 4.65.